The van der Waals surface area contributed by atoms with Gasteiger partial charge < -0.3 is 15.7 Å². The van der Waals surface area contributed by atoms with Crippen LogP contribution in [0, 0.1) is 11.3 Å². The number of nitrogens with zero attached hydrogens (tertiary/aromatic N) is 3. The fourth-order valence-electron chi connectivity index (χ4n) is 3.14. The van der Waals surface area contributed by atoms with Crippen molar-refractivity contribution in [1.82, 2.24) is 9.97 Å². The average molecular weight is 401 g/mol. The predicted molar refractivity (Wildman–Crippen MR) is 116 cm³/mol. The Balaban J connectivity index is 1.61. The lowest BCUT2D eigenvalue weighted by Gasteiger charge is -2.21. The number of fused-ring (bicyclic) bond motifs is 1. The van der Waals surface area contributed by atoms with Gasteiger partial charge in [-0.1, -0.05) is 30.3 Å². The molecular weight excluding hydrogens is 382 g/mol. The van der Waals surface area contributed by atoms with Crippen LogP contribution in [0.5, 0.6) is 0 Å². The highest BCUT2D eigenvalue weighted by atomic mass is 32.1. The van der Waals surface area contributed by atoms with Gasteiger partial charge in [0, 0.05) is 24.6 Å². The quantitative estimate of drug-likeness (QED) is 0.410. The normalized spacial score (nSPS) is 11.7. The molecule has 0 unspecified atom stereocenters. The molecule has 0 aliphatic heterocycles. The van der Waals surface area contributed by atoms with E-state index in [2.05, 4.69) is 26.7 Å². The van der Waals surface area contributed by atoms with E-state index in [4.69, 9.17) is 0 Å². The van der Waals surface area contributed by atoms with E-state index >= 15 is 0 Å². The van der Waals surface area contributed by atoms with Gasteiger partial charge in [0.25, 0.3) is 0 Å². The summed E-state index contributed by atoms with van der Waals surface area (Å²) in [6, 6.07) is 19.7. The molecule has 3 N–H and O–H groups in total. The molecule has 29 heavy (non-hydrogen) atoms. The summed E-state index contributed by atoms with van der Waals surface area (Å²) in [5, 5.41) is 25.7. The molecule has 0 aliphatic carbocycles. The standard InChI is InChI=1S/C22H19N5OS/c23-12-16-13-24-22(26-17-6-7-19-21(10-17)29-14-25-19)11-20(16)27-18(8-9-28)15-4-2-1-3-5-15/h1-7,10-11,13-14,18,28H,8-9H2,(H2,24,26,27)/t18-/m1/s1. The van der Waals surface area contributed by atoms with E-state index in [9.17, 15) is 10.4 Å². The Bertz CT molecular complexity index is 1150. The molecule has 0 saturated heterocycles. The van der Waals surface area contributed by atoms with Crippen LogP contribution < -0.4 is 10.6 Å². The molecule has 1 atom stereocenters. The van der Waals surface area contributed by atoms with Crippen LogP contribution in [-0.2, 0) is 0 Å². The Labute approximate surface area is 172 Å². The fraction of sp³-hybridized carbons (Fsp3) is 0.136. The minimum Gasteiger partial charge on any atom is -0.396 e. The van der Waals surface area contributed by atoms with Gasteiger partial charge in [0.05, 0.1) is 33.0 Å². The fourth-order valence-corrected chi connectivity index (χ4v) is 3.85. The van der Waals surface area contributed by atoms with Gasteiger partial charge in [-0.2, -0.15) is 5.26 Å². The SMILES string of the molecule is N#Cc1cnc(Nc2ccc3ncsc3c2)cc1N[C@H](CCO)c1ccccc1. The van der Waals surface area contributed by atoms with Gasteiger partial charge in [-0.25, -0.2) is 9.97 Å². The zero-order chi connectivity index (χ0) is 20.1. The molecule has 6 nitrogen and oxygen atoms in total. The highest BCUT2D eigenvalue weighted by Gasteiger charge is 2.14. The molecule has 4 aromatic rings. The van der Waals surface area contributed by atoms with E-state index in [1.807, 2.05) is 60.1 Å². The first-order chi connectivity index (χ1) is 14.3. The number of aliphatic hydroxyl groups is 1. The van der Waals surface area contributed by atoms with Crippen molar-refractivity contribution < 1.29 is 5.11 Å². The van der Waals surface area contributed by atoms with Crippen molar-refractivity contribution in [2.24, 2.45) is 0 Å². The lowest BCUT2D eigenvalue weighted by molar-refractivity contribution is 0.280. The first-order valence-electron chi connectivity index (χ1n) is 9.19. The molecule has 0 bridgehead atoms. The maximum Gasteiger partial charge on any atom is 0.132 e. The first kappa shape index (κ1) is 18.9. The van der Waals surface area contributed by atoms with Crippen molar-refractivity contribution in [3.63, 3.8) is 0 Å². The van der Waals surface area contributed by atoms with E-state index in [0.29, 0.717) is 23.5 Å². The third-order valence-corrected chi connectivity index (χ3v) is 5.37. The van der Waals surface area contributed by atoms with E-state index in [1.165, 1.54) is 0 Å². The van der Waals surface area contributed by atoms with E-state index < -0.39 is 0 Å². The van der Waals surface area contributed by atoms with Crippen LogP contribution in [0.25, 0.3) is 10.2 Å². The van der Waals surface area contributed by atoms with Gasteiger partial charge in [0.15, 0.2) is 0 Å². The molecule has 2 aromatic heterocycles. The van der Waals surface area contributed by atoms with Gasteiger partial charge in [-0.05, 0) is 30.2 Å². The van der Waals surface area contributed by atoms with Crippen LogP contribution in [-0.4, -0.2) is 21.7 Å². The Morgan fingerprint density at radius 2 is 1.97 bits per heavy atom. The van der Waals surface area contributed by atoms with Crippen molar-refractivity contribution >= 4 is 38.7 Å². The summed E-state index contributed by atoms with van der Waals surface area (Å²) < 4.78 is 1.09. The number of aromatic nitrogens is 2. The number of rotatable bonds is 7. The molecule has 2 heterocycles. The Hall–Kier alpha value is -3.47. The number of nitrogens with one attached hydrogen (secondary N) is 2. The van der Waals surface area contributed by atoms with Crippen LogP contribution in [0.4, 0.5) is 17.2 Å². The summed E-state index contributed by atoms with van der Waals surface area (Å²) in [5.74, 6) is 0.631. The summed E-state index contributed by atoms with van der Waals surface area (Å²) >= 11 is 1.58. The molecule has 0 amide bonds. The second-order valence-electron chi connectivity index (χ2n) is 6.51. The molecule has 0 saturated carbocycles. The molecule has 0 aliphatic rings. The van der Waals surface area contributed by atoms with Gasteiger partial charge in [-0.15, -0.1) is 11.3 Å². The summed E-state index contributed by atoms with van der Waals surface area (Å²) in [6.07, 6.45) is 2.08. The van der Waals surface area contributed by atoms with Crippen molar-refractivity contribution in [3.8, 4) is 6.07 Å². The monoisotopic (exact) mass is 401 g/mol. The minimum absolute atomic E-state index is 0.0412. The predicted octanol–water partition coefficient (Wildman–Crippen LogP) is 4.84. The number of thiazole rings is 1. The smallest absolute Gasteiger partial charge is 0.132 e. The largest absolute Gasteiger partial charge is 0.396 e. The summed E-state index contributed by atoms with van der Waals surface area (Å²) in [7, 11) is 0. The first-order valence-corrected chi connectivity index (χ1v) is 10.1. The van der Waals surface area contributed by atoms with Crippen LogP contribution in [0.3, 0.4) is 0 Å². The minimum atomic E-state index is -0.114. The molecule has 4 rings (SSSR count). The molecule has 2 aromatic carbocycles. The van der Waals surface area contributed by atoms with E-state index in [0.717, 1.165) is 21.5 Å². The second-order valence-corrected chi connectivity index (χ2v) is 7.39. The average Bonchev–Trinajstić information content (AvgIpc) is 3.22. The molecule has 0 spiro atoms. The maximum atomic E-state index is 9.50. The Morgan fingerprint density at radius 3 is 2.76 bits per heavy atom. The highest BCUT2D eigenvalue weighted by Crippen LogP contribution is 2.28. The van der Waals surface area contributed by atoms with Crippen molar-refractivity contribution in [2.45, 2.75) is 12.5 Å². The van der Waals surface area contributed by atoms with Crippen LogP contribution >= 0.6 is 11.3 Å². The number of nitriles is 1. The third-order valence-electron chi connectivity index (χ3n) is 4.58. The highest BCUT2D eigenvalue weighted by molar-refractivity contribution is 7.16. The maximum absolute atomic E-state index is 9.50. The van der Waals surface area contributed by atoms with E-state index in [1.54, 1.807) is 17.5 Å². The summed E-state index contributed by atoms with van der Waals surface area (Å²) in [6.45, 7) is 0.0412. The summed E-state index contributed by atoms with van der Waals surface area (Å²) in [4.78, 5) is 8.66. The van der Waals surface area contributed by atoms with Crippen molar-refractivity contribution in [1.29, 1.82) is 5.26 Å². The molecule has 7 heteroatoms. The Kier molecular flexibility index (Phi) is 5.66. The van der Waals surface area contributed by atoms with Gasteiger partial charge in [0.1, 0.15) is 11.9 Å². The number of benzene rings is 2. The molecule has 144 valence electrons. The number of anilines is 3. The van der Waals surface area contributed by atoms with Gasteiger partial charge in [0.2, 0.25) is 0 Å². The lowest BCUT2D eigenvalue weighted by atomic mass is 10.0. The second kappa shape index (κ2) is 8.69. The zero-order valence-electron chi connectivity index (χ0n) is 15.5. The zero-order valence-corrected chi connectivity index (χ0v) is 16.4. The molecular formula is C22H19N5OS. The molecule has 0 radical (unpaired) electrons. The van der Waals surface area contributed by atoms with Crippen LogP contribution in [0.15, 0.2) is 66.3 Å². The van der Waals surface area contributed by atoms with E-state index in [-0.39, 0.29) is 12.6 Å². The number of hydrogen-bond donors (Lipinski definition) is 3. The van der Waals surface area contributed by atoms with Crippen LogP contribution in [0.2, 0.25) is 0 Å². The number of pyridine rings is 1. The third kappa shape index (κ3) is 4.35. The van der Waals surface area contributed by atoms with Crippen molar-refractivity contribution in [3.05, 3.63) is 77.4 Å². The van der Waals surface area contributed by atoms with Gasteiger partial charge in [-0.3, -0.25) is 0 Å². The summed E-state index contributed by atoms with van der Waals surface area (Å²) in [5.41, 5.74) is 5.86. The molecule has 0 fully saturated rings. The van der Waals surface area contributed by atoms with Gasteiger partial charge >= 0.3 is 0 Å². The Morgan fingerprint density at radius 1 is 1.10 bits per heavy atom. The number of hydrogen-bond acceptors (Lipinski definition) is 7. The van der Waals surface area contributed by atoms with Crippen molar-refractivity contribution in [2.75, 3.05) is 17.2 Å². The topological polar surface area (TPSA) is 93.9 Å². The lowest BCUT2D eigenvalue weighted by Crippen LogP contribution is -2.13. The van der Waals surface area contributed by atoms with Crippen LogP contribution in [0.1, 0.15) is 23.6 Å². The number of aliphatic hydroxyl groups excluding tert-OH is 1.